The molecule has 0 aliphatic carbocycles. The van der Waals surface area contributed by atoms with Crippen LogP contribution in [-0.2, 0) is 11.3 Å². The van der Waals surface area contributed by atoms with Crippen LogP contribution in [0.15, 0.2) is 30.6 Å². The van der Waals surface area contributed by atoms with Crippen molar-refractivity contribution in [3.63, 3.8) is 0 Å². The van der Waals surface area contributed by atoms with Gasteiger partial charge >= 0.3 is 0 Å². The van der Waals surface area contributed by atoms with Crippen LogP contribution in [0.1, 0.15) is 5.56 Å². The molecule has 1 aromatic carbocycles. The minimum absolute atomic E-state index is 0.659. The molecule has 19 heavy (non-hydrogen) atoms. The molecule has 0 radical (unpaired) electrons. The first-order valence-corrected chi connectivity index (χ1v) is 6.16. The zero-order chi connectivity index (χ0) is 13.7. The number of methoxy groups -OCH3 is 2. The number of anilines is 2. The molecule has 0 amide bonds. The molecule has 5 heteroatoms. The van der Waals surface area contributed by atoms with Crippen LogP contribution >= 0.6 is 0 Å². The molecule has 1 heterocycles. The van der Waals surface area contributed by atoms with Gasteiger partial charge in [-0.05, 0) is 30.7 Å². The van der Waals surface area contributed by atoms with Crippen molar-refractivity contribution in [1.29, 1.82) is 0 Å². The predicted molar refractivity (Wildman–Crippen MR) is 75.1 cm³/mol. The summed E-state index contributed by atoms with van der Waals surface area (Å²) in [5.74, 6) is 1.66. The lowest BCUT2D eigenvalue weighted by atomic mass is 10.2. The standard InChI is InChI=1S/C14H19N3O2/c1-11-10-12(19-3)4-5-13(11)16-14-15-6-7-17(14)8-9-18-2/h4-7,10H,8-9H2,1-3H3,(H,15,16). The SMILES string of the molecule is COCCn1ccnc1Nc1ccc(OC)cc1C. The Morgan fingerprint density at radius 3 is 2.84 bits per heavy atom. The molecule has 1 N–H and O–H groups in total. The molecule has 0 spiro atoms. The molecule has 1 aromatic heterocycles. The van der Waals surface area contributed by atoms with Gasteiger partial charge in [0.2, 0.25) is 5.95 Å². The second kappa shape index (κ2) is 6.24. The third-order valence-corrected chi connectivity index (χ3v) is 2.93. The van der Waals surface area contributed by atoms with Gasteiger partial charge in [0.1, 0.15) is 5.75 Å². The fourth-order valence-electron chi connectivity index (χ4n) is 1.83. The molecule has 2 aromatic rings. The molecule has 2 rings (SSSR count). The first-order chi connectivity index (χ1) is 9.24. The van der Waals surface area contributed by atoms with Crippen LogP contribution in [0.3, 0.4) is 0 Å². The highest BCUT2D eigenvalue weighted by atomic mass is 16.5. The number of imidazole rings is 1. The summed E-state index contributed by atoms with van der Waals surface area (Å²) >= 11 is 0. The summed E-state index contributed by atoms with van der Waals surface area (Å²) in [4.78, 5) is 4.31. The maximum Gasteiger partial charge on any atom is 0.207 e. The van der Waals surface area contributed by atoms with Crippen LogP contribution in [0.5, 0.6) is 5.75 Å². The van der Waals surface area contributed by atoms with Gasteiger partial charge < -0.3 is 19.4 Å². The van der Waals surface area contributed by atoms with E-state index in [9.17, 15) is 0 Å². The molecule has 0 aliphatic heterocycles. The smallest absolute Gasteiger partial charge is 0.207 e. The van der Waals surface area contributed by atoms with Gasteiger partial charge in [0.05, 0.1) is 13.7 Å². The maximum absolute atomic E-state index is 5.20. The van der Waals surface area contributed by atoms with E-state index < -0.39 is 0 Å². The second-order valence-electron chi connectivity index (χ2n) is 4.24. The Bertz CT molecular complexity index is 537. The Hall–Kier alpha value is -2.01. The minimum atomic E-state index is 0.659. The number of hydrogen-bond acceptors (Lipinski definition) is 4. The van der Waals surface area contributed by atoms with Crippen LogP contribution in [0.25, 0.3) is 0 Å². The van der Waals surface area contributed by atoms with Gasteiger partial charge in [-0.2, -0.15) is 0 Å². The Morgan fingerprint density at radius 1 is 1.32 bits per heavy atom. The Kier molecular flexibility index (Phi) is 4.41. The number of benzene rings is 1. The molecule has 102 valence electrons. The quantitative estimate of drug-likeness (QED) is 0.868. The summed E-state index contributed by atoms with van der Waals surface area (Å²) in [6.45, 7) is 3.47. The molecule has 0 unspecified atom stereocenters. The van der Waals surface area contributed by atoms with E-state index in [1.807, 2.05) is 35.9 Å². The van der Waals surface area contributed by atoms with Gasteiger partial charge in [-0.25, -0.2) is 4.98 Å². The third-order valence-electron chi connectivity index (χ3n) is 2.93. The summed E-state index contributed by atoms with van der Waals surface area (Å²) in [6.07, 6.45) is 3.71. The van der Waals surface area contributed by atoms with Crippen LogP contribution in [0.4, 0.5) is 11.6 Å². The molecule has 0 fully saturated rings. The van der Waals surface area contributed by atoms with Gasteiger partial charge in [0.15, 0.2) is 0 Å². The maximum atomic E-state index is 5.20. The average Bonchev–Trinajstić information content (AvgIpc) is 2.86. The van der Waals surface area contributed by atoms with E-state index in [-0.39, 0.29) is 0 Å². The minimum Gasteiger partial charge on any atom is -0.497 e. The van der Waals surface area contributed by atoms with Crippen molar-refractivity contribution in [1.82, 2.24) is 9.55 Å². The summed E-state index contributed by atoms with van der Waals surface area (Å²) in [5, 5.41) is 3.32. The summed E-state index contributed by atoms with van der Waals surface area (Å²) in [7, 11) is 3.36. The number of aromatic nitrogens is 2. The lowest BCUT2D eigenvalue weighted by molar-refractivity contribution is 0.188. The van der Waals surface area contributed by atoms with E-state index in [2.05, 4.69) is 10.3 Å². The van der Waals surface area contributed by atoms with Gasteiger partial charge in [-0.3, -0.25) is 0 Å². The van der Waals surface area contributed by atoms with Crippen LogP contribution in [0, 0.1) is 6.92 Å². The van der Waals surface area contributed by atoms with E-state index in [1.165, 1.54) is 0 Å². The monoisotopic (exact) mass is 261 g/mol. The topological polar surface area (TPSA) is 48.3 Å². The fraction of sp³-hybridized carbons (Fsp3) is 0.357. The Balaban J connectivity index is 2.14. The van der Waals surface area contributed by atoms with Gasteiger partial charge in [-0.15, -0.1) is 0 Å². The highest BCUT2D eigenvalue weighted by molar-refractivity contribution is 5.60. The molecular formula is C14H19N3O2. The number of aryl methyl sites for hydroxylation is 1. The van der Waals surface area contributed by atoms with Crippen molar-refractivity contribution in [2.24, 2.45) is 0 Å². The predicted octanol–water partition coefficient (Wildman–Crippen LogP) is 2.59. The number of nitrogens with zero attached hydrogens (tertiary/aromatic N) is 2. The summed E-state index contributed by atoms with van der Waals surface area (Å²) < 4.78 is 12.3. The summed E-state index contributed by atoms with van der Waals surface area (Å²) in [6, 6.07) is 5.91. The fourth-order valence-corrected chi connectivity index (χ4v) is 1.83. The van der Waals surface area contributed by atoms with Crippen molar-refractivity contribution in [2.75, 3.05) is 26.1 Å². The molecule has 0 bridgehead atoms. The Morgan fingerprint density at radius 2 is 2.16 bits per heavy atom. The van der Waals surface area contributed by atoms with Crippen molar-refractivity contribution >= 4 is 11.6 Å². The lowest BCUT2D eigenvalue weighted by Gasteiger charge is -2.12. The van der Waals surface area contributed by atoms with Crippen molar-refractivity contribution < 1.29 is 9.47 Å². The molecule has 0 saturated carbocycles. The van der Waals surface area contributed by atoms with E-state index in [4.69, 9.17) is 9.47 Å². The second-order valence-corrected chi connectivity index (χ2v) is 4.24. The van der Waals surface area contributed by atoms with Crippen LogP contribution in [-0.4, -0.2) is 30.4 Å². The van der Waals surface area contributed by atoms with Gasteiger partial charge in [0.25, 0.3) is 0 Å². The molecule has 0 aliphatic rings. The van der Waals surface area contributed by atoms with Gasteiger partial charge in [0, 0.05) is 31.7 Å². The number of nitrogens with one attached hydrogen (secondary N) is 1. The number of hydrogen-bond donors (Lipinski definition) is 1. The number of ether oxygens (including phenoxy) is 2. The third kappa shape index (κ3) is 3.26. The van der Waals surface area contributed by atoms with Crippen molar-refractivity contribution in [3.8, 4) is 5.75 Å². The Labute approximate surface area is 113 Å². The van der Waals surface area contributed by atoms with E-state index in [0.717, 1.165) is 29.5 Å². The summed E-state index contributed by atoms with van der Waals surface area (Å²) in [5.41, 5.74) is 2.13. The highest BCUT2D eigenvalue weighted by Crippen LogP contribution is 2.23. The lowest BCUT2D eigenvalue weighted by Crippen LogP contribution is -2.07. The largest absolute Gasteiger partial charge is 0.497 e. The van der Waals surface area contributed by atoms with Crippen LogP contribution in [0.2, 0.25) is 0 Å². The zero-order valence-corrected chi connectivity index (χ0v) is 11.5. The molecule has 5 nitrogen and oxygen atoms in total. The van der Waals surface area contributed by atoms with Crippen molar-refractivity contribution in [3.05, 3.63) is 36.2 Å². The van der Waals surface area contributed by atoms with Gasteiger partial charge in [-0.1, -0.05) is 0 Å². The number of rotatable bonds is 6. The molecule has 0 saturated heterocycles. The van der Waals surface area contributed by atoms with Crippen LogP contribution < -0.4 is 10.1 Å². The molecular weight excluding hydrogens is 242 g/mol. The molecule has 0 atom stereocenters. The first kappa shape index (κ1) is 13.4. The van der Waals surface area contributed by atoms with E-state index >= 15 is 0 Å². The van der Waals surface area contributed by atoms with Crippen molar-refractivity contribution in [2.45, 2.75) is 13.5 Å². The van der Waals surface area contributed by atoms with E-state index in [0.29, 0.717) is 6.61 Å². The zero-order valence-electron chi connectivity index (χ0n) is 11.5. The normalized spacial score (nSPS) is 10.5. The first-order valence-electron chi connectivity index (χ1n) is 6.16. The average molecular weight is 261 g/mol. The highest BCUT2D eigenvalue weighted by Gasteiger charge is 2.05. The van der Waals surface area contributed by atoms with E-state index in [1.54, 1.807) is 20.4 Å².